The molecule has 1 unspecified atom stereocenters. The Morgan fingerprint density at radius 2 is 2.00 bits per heavy atom. The van der Waals surface area contributed by atoms with Crippen LogP contribution < -0.4 is 19.1 Å². The number of ether oxygens (including phenoxy) is 2. The van der Waals surface area contributed by atoms with Crippen molar-refractivity contribution in [3.63, 3.8) is 0 Å². The molecule has 2 heterocycles. The average molecular weight is 507 g/mol. The number of para-hydroxylation sites is 2. The summed E-state index contributed by atoms with van der Waals surface area (Å²) >= 11 is 2.83. The Balaban J connectivity index is 1.58. The fraction of sp³-hybridized carbons (Fsp3) is 0.286. The molecule has 1 aliphatic rings. The highest BCUT2D eigenvalue weighted by Crippen LogP contribution is 2.37. The van der Waals surface area contributed by atoms with E-state index in [1.165, 1.54) is 34.9 Å². The number of hydrogen-bond acceptors (Lipinski definition) is 9. The molecule has 1 atom stereocenters. The van der Waals surface area contributed by atoms with Crippen LogP contribution in [0.5, 0.6) is 11.5 Å². The van der Waals surface area contributed by atoms with Gasteiger partial charge in [0.15, 0.2) is 10.4 Å². The molecule has 0 saturated heterocycles. The molecule has 0 saturated carbocycles. The third-order valence-corrected chi connectivity index (χ3v) is 8.71. The van der Waals surface area contributed by atoms with Crippen molar-refractivity contribution in [3.8, 4) is 11.5 Å². The molecule has 0 bridgehead atoms. The van der Waals surface area contributed by atoms with E-state index in [1.807, 2.05) is 0 Å². The van der Waals surface area contributed by atoms with Crippen LogP contribution in [0.1, 0.15) is 13.3 Å². The van der Waals surface area contributed by atoms with E-state index in [1.54, 1.807) is 48.2 Å². The highest BCUT2D eigenvalue weighted by Gasteiger charge is 2.37. The maximum Gasteiger partial charge on any atom is 0.269 e. The molecule has 33 heavy (non-hydrogen) atoms. The number of nitrogens with one attached hydrogen (secondary N) is 1. The Hall–Kier alpha value is -2.83. The van der Waals surface area contributed by atoms with E-state index < -0.39 is 22.0 Å². The zero-order valence-corrected chi connectivity index (χ0v) is 20.4. The van der Waals surface area contributed by atoms with E-state index in [0.29, 0.717) is 22.3 Å². The van der Waals surface area contributed by atoms with Gasteiger partial charge in [-0.1, -0.05) is 42.2 Å². The Morgan fingerprint density at radius 1 is 1.24 bits per heavy atom. The van der Waals surface area contributed by atoms with Gasteiger partial charge in [-0.2, -0.15) is 0 Å². The molecule has 0 spiro atoms. The standard InChI is InChI=1S/C21H22N4O5S3/c1-3-12-31-21-24-23-20(32-21)22-19(26)18-13-25(16-6-4-5-7-17(16)30-18)33(27,28)15-10-8-14(29-2)9-11-15/h4-11,18H,3,12-13H2,1-2H3,(H,22,23,26). The first-order valence-electron chi connectivity index (χ1n) is 10.1. The Labute approximate surface area is 200 Å². The van der Waals surface area contributed by atoms with Crippen LogP contribution in [0.4, 0.5) is 10.8 Å². The first kappa shape index (κ1) is 23.3. The van der Waals surface area contributed by atoms with Gasteiger partial charge in [-0.25, -0.2) is 8.42 Å². The summed E-state index contributed by atoms with van der Waals surface area (Å²) in [4.78, 5) is 13.0. The van der Waals surface area contributed by atoms with Gasteiger partial charge in [0.05, 0.1) is 24.2 Å². The van der Waals surface area contributed by atoms with E-state index in [4.69, 9.17) is 9.47 Å². The van der Waals surface area contributed by atoms with Crippen molar-refractivity contribution in [3.05, 3.63) is 48.5 Å². The molecule has 4 rings (SSSR count). The number of amides is 1. The molecule has 2 aromatic carbocycles. The Kier molecular flexibility index (Phi) is 7.05. The van der Waals surface area contributed by atoms with Gasteiger partial charge in [0.1, 0.15) is 11.5 Å². The molecule has 1 amide bonds. The molecule has 174 valence electrons. The molecule has 9 nitrogen and oxygen atoms in total. The lowest BCUT2D eigenvalue weighted by atomic mass is 10.2. The predicted molar refractivity (Wildman–Crippen MR) is 128 cm³/mol. The van der Waals surface area contributed by atoms with Crippen molar-refractivity contribution in [2.75, 3.05) is 29.0 Å². The van der Waals surface area contributed by atoms with Crippen LogP contribution in [0.25, 0.3) is 0 Å². The predicted octanol–water partition coefficient (Wildman–Crippen LogP) is 3.64. The van der Waals surface area contributed by atoms with Gasteiger partial charge in [0.2, 0.25) is 5.13 Å². The van der Waals surface area contributed by atoms with E-state index in [9.17, 15) is 13.2 Å². The summed E-state index contributed by atoms with van der Waals surface area (Å²) in [6, 6.07) is 12.8. The number of carbonyl (C=O) groups is 1. The summed E-state index contributed by atoms with van der Waals surface area (Å²) in [7, 11) is -2.45. The Bertz CT molecular complexity index is 1230. The largest absolute Gasteiger partial charge is 0.497 e. The number of rotatable bonds is 8. The summed E-state index contributed by atoms with van der Waals surface area (Å²) in [6.45, 7) is 1.88. The van der Waals surface area contributed by atoms with Crippen LogP contribution in [0.3, 0.4) is 0 Å². The number of aromatic nitrogens is 2. The van der Waals surface area contributed by atoms with Crippen LogP contribution in [-0.2, 0) is 14.8 Å². The number of methoxy groups -OCH3 is 1. The molecule has 0 radical (unpaired) electrons. The number of nitrogens with zero attached hydrogens (tertiary/aromatic N) is 3. The number of anilines is 2. The fourth-order valence-corrected chi connectivity index (χ4v) is 6.29. The maximum absolute atomic E-state index is 13.5. The smallest absolute Gasteiger partial charge is 0.269 e. The third kappa shape index (κ3) is 5.07. The molecule has 1 aliphatic heterocycles. The average Bonchev–Trinajstić information content (AvgIpc) is 3.29. The minimum absolute atomic E-state index is 0.0841. The number of thioether (sulfide) groups is 1. The van der Waals surface area contributed by atoms with Crippen LogP contribution in [-0.4, -0.2) is 50.0 Å². The fourth-order valence-electron chi connectivity index (χ4n) is 3.14. The van der Waals surface area contributed by atoms with Gasteiger partial charge in [-0.05, 0) is 42.8 Å². The monoisotopic (exact) mass is 506 g/mol. The maximum atomic E-state index is 13.5. The number of hydrogen-bond donors (Lipinski definition) is 1. The van der Waals surface area contributed by atoms with Crippen LogP contribution in [0.2, 0.25) is 0 Å². The first-order valence-corrected chi connectivity index (χ1v) is 13.4. The van der Waals surface area contributed by atoms with E-state index in [2.05, 4.69) is 22.4 Å². The topological polar surface area (TPSA) is 111 Å². The normalized spacial score (nSPS) is 15.5. The lowest BCUT2D eigenvalue weighted by Gasteiger charge is -2.34. The van der Waals surface area contributed by atoms with Gasteiger partial charge < -0.3 is 9.47 Å². The Morgan fingerprint density at radius 3 is 2.73 bits per heavy atom. The van der Waals surface area contributed by atoms with E-state index in [0.717, 1.165) is 16.5 Å². The van der Waals surface area contributed by atoms with E-state index >= 15 is 0 Å². The summed E-state index contributed by atoms with van der Waals surface area (Å²) < 4.78 is 39.8. The SMILES string of the molecule is CCCSc1nnc(NC(=O)C2CN(S(=O)(=O)c3ccc(OC)cc3)c3ccccc3O2)s1. The second-order valence-electron chi connectivity index (χ2n) is 7.00. The highest BCUT2D eigenvalue weighted by molar-refractivity contribution is 8.01. The molecule has 0 fully saturated rings. The first-order chi connectivity index (χ1) is 15.9. The molecular weight excluding hydrogens is 484 g/mol. The zero-order chi connectivity index (χ0) is 23.4. The third-order valence-electron chi connectivity index (χ3n) is 4.74. The highest BCUT2D eigenvalue weighted by atomic mass is 32.2. The number of benzene rings is 2. The van der Waals surface area contributed by atoms with Crippen molar-refractivity contribution in [2.24, 2.45) is 0 Å². The summed E-state index contributed by atoms with van der Waals surface area (Å²) in [5.41, 5.74) is 0.367. The molecule has 0 aliphatic carbocycles. The molecule has 3 aromatic rings. The van der Waals surface area contributed by atoms with Crippen molar-refractivity contribution < 1.29 is 22.7 Å². The summed E-state index contributed by atoms with van der Waals surface area (Å²) in [5.74, 6) is 1.26. The van der Waals surface area contributed by atoms with Crippen molar-refractivity contribution in [1.82, 2.24) is 10.2 Å². The van der Waals surface area contributed by atoms with Crippen molar-refractivity contribution in [1.29, 1.82) is 0 Å². The molecule has 12 heteroatoms. The van der Waals surface area contributed by atoms with Gasteiger partial charge in [0.25, 0.3) is 15.9 Å². The second-order valence-corrected chi connectivity index (χ2v) is 11.2. The number of carbonyl (C=O) groups excluding carboxylic acids is 1. The van der Waals surface area contributed by atoms with Gasteiger partial charge in [-0.15, -0.1) is 10.2 Å². The summed E-state index contributed by atoms with van der Waals surface area (Å²) in [5, 5.41) is 11.1. The summed E-state index contributed by atoms with van der Waals surface area (Å²) in [6.07, 6.45) is -0.0664. The molecule has 1 aromatic heterocycles. The van der Waals surface area contributed by atoms with Crippen LogP contribution in [0, 0.1) is 0 Å². The lowest BCUT2D eigenvalue weighted by Crippen LogP contribution is -2.48. The van der Waals surface area contributed by atoms with Crippen LogP contribution in [0.15, 0.2) is 57.8 Å². The van der Waals surface area contributed by atoms with Crippen molar-refractivity contribution >= 4 is 49.8 Å². The second kappa shape index (κ2) is 9.98. The van der Waals surface area contributed by atoms with Gasteiger partial charge >= 0.3 is 0 Å². The minimum atomic E-state index is -3.96. The lowest BCUT2D eigenvalue weighted by molar-refractivity contribution is -0.122. The van der Waals surface area contributed by atoms with Gasteiger partial charge in [0, 0.05) is 5.75 Å². The van der Waals surface area contributed by atoms with E-state index in [-0.39, 0.29) is 11.4 Å². The minimum Gasteiger partial charge on any atom is -0.497 e. The van der Waals surface area contributed by atoms with Crippen molar-refractivity contribution in [2.45, 2.75) is 28.7 Å². The van der Waals surface area contributed by atoms with Gasteiger partial charge in [-0.3, -0.25) is 14.4 Å². The molecular formula is C21H22N4O5S3. The number of fused-ring (bicyclic) bond motifs is 1. The van der Waals surface area contributed by atoms with Crippen LogP contribution >= 0.6 is 23.1 Å². The zero-order valence-electron chi connectivity index (χ0n) is 17.9. The number of sulfonamides is 1. The molecule has 1 N–H and O–H groups in total. The quantitative estimate of drug-likeness (QED) is 0.364.